The third-order valence-electron chi connectivity index (χ3n) is 5.12. The van der Waals surface area contributed by atoms with Crippen molar-refractivity contribution < 1.29 is 19.1 Å². The lowest BCUT2D eigenvalue weighted by Crippen LogP contribution is -2.33. The summed E-state index contributed by atoms with van der Waals surface area (Å²) in [4.78, 5) is 30.6. The molecule has 0 aliphatic carbocycles. The van der Waals surface area contributed by atoms with Crippen LogP contribution in [0.15, 0.2) is 47.3 Å². The van der Waals surface area contributed by atoms with Gasteiger partial charge in [0.15, 0.2) is 11.5 Å². The van der Waals surface area contributed by atoms with Crippen LogP contribution in [0.3, 0.4) is 0 Å². The lowest BCUT2D eigenvalue weighted by Gasteiger charge is -2.29. The van der Waals surface area contributed by atoms with E-state index in [9.17, 15) is 9.59 Å². The monoisotopic (exact) mass is 437 g/mol. The molecular weight excluding hydrogens is 414 g/mol. The molecule has 31 heavy (non-hydrogen) atoms. The standard InChI is InChI=1S/C23H23N3O4S/c1-15(27)26-9-3-4-16-10-18(6-7-20(16)26)25-23(28)17-5-8-21(22(11-17)29-2)30-12-19-13-31-14-24-19/h5-8,10-11,13-14H,3-4,9,12H2,1-2H3,(H,25,28). The molecule has 0 radical (unpaired) electrons. The first-order valence-corrected chi connectivity index (χ1v) is 10.9. The second-order valence-corrected chi connectivity index (χ2v) is 7.92. The Balaban J connectivity index is 1.47. The van der Waals surface area contributed by atoms with Crippen molar-refractivity contribution >= 4 is 34.5 Å². The van der Waals surface area contributed by atoms with Gasteiger partial charge in [-0.05, 0) is 54.8 Å². The first-order valence-electron chi connectivity index (χ1n) is 9.95. The van der Waals surface area contributed by atoms with Crippen LogP contribution in [-0.2, 0) is 17.8 Å². The Bertz CT molecular complexity index is 1100. The molecule has 0 atom stereocenters. The van der Waals surface area contributed by atoms with Gasteiger partial charge in [-0.2, -0.15) is 0 Å². The topological polar surface area (TPSA) is 80.8 Å². The van der Waals surface area contributed by atoms with Gasteiger partial charge >= 0.3 is 0 Å². The molecule has 0 saturated heterocycles. The molecule has 2 amide bonds. The van der Waals surface area contributed by atoms with E-state index in [0.29, 0.717) is 29.4 Å². The number of thiazole rings is 1. The minimum absolute atomic E-state index is 0.0296. The van der Waals surface area contributed by atoms with Crippen molar-refractivity contribution in [2.24, 2.45) is 0 Å². The van der Waals surface area contributed by atoms with E-state index in [2.05, 4.69) is 10.3 Å². The number of benzene rings is 2. The summed E-state index contributed by atoms with van der Waals surface area (Å²) in [6.45, 7) is 2.63. The molecule has 2 heterocycles. The number of nitrogens with one attached hydrogen (secondary N) is 1. The number of aromatic nitrogens is 1. The molecule has 1 aliphatic rings. The highest BCUT2D eigenvalue weighted by molar-refractivity contribution is 7.07. The number of anilines is 2. The molecule has 0 unspecified atom stereocenters. The van der Waals surface area contributed by atoms with Crippen LogP contribution in [-0.4, -0.2) is 30.5 Å². The van der Waals surface area contributed by atoms with E-state index in [0.717, 1.165) is 36.3 Å². The van der Waals surface area contributed by atoms with Gasteiger partial charge in [-0.1, -0.05) is 0 Å². The Hall–Kier alpha value is -3.39. The van der Waals surface area contributed by atoms with Gasteiger partial charge < -0.3 is 19.7 Å². The van der Waals surface area contributed by atoms with E-state index >= 15 is 0 Å². The number of rotatable bonds is 6. The van der Waals surface area contributed by atoms with Crippen molar-refractivity contribution in [2.75, 3.05) is 23.9 Å². The number of aryl methyl sites for hydroxylation is 1. The number of carbonyl (C=O) groups excluding carboxylic acids is 2. The first-order chi connectivity index (χ1) is 15.0. The van der Waals surface area contributed by atoms with Crippen molar-refractivity contribution in [3.05, 3.63) is 64.1 Å². The van der Waals surface area contributed by atoms with E-state index in [1.165, 1.54) is 18.4 Å². The zero-order valence-corrected chi connectivity index (χ0v) is 18.2. The molecule has 0 spiro atoms. The van der Waals surface area contributed by atoms with Crippen molar-refractivity contribution in [3.8, 4) is 11.5 Å². The number of fused-ring (bicyclic) bond motifs is 1. The summed E-state index contributed by atoms with van der Waals surface area (Å²) < 4.78 is 11.2. The highest BCUT2D eigenvalue weighted by atomic mass is 32.1. The van der Waals surface area contributed by atoms with Crippen molar-refractivity contribution in [2.45, 2.75) is 26.4 Å². The van der Waals surface area contributed by atoms with E-state index < -0.39 is 0 Å². The number of carbonyl (C=O) groups is 2. The maximum absolute atomic E-state index is 12.8. The van der Waals surface area contributed by atoms with Crippen LogP contribution >= 0.6 is 11.3 Å². The Morgan fingerprint density at radius 3 is 2.81 bits per heavy atom. The number of hydrogen-bond donors (Lipinski definition) is 1. The molecule has 2 aromatic carbocycles. The zero-order valence-electron chi connectivity index (χ0n) is 17.4. The SMILES string of the molecule is COc1cc(C(=O)Nc2ccc3c(c2)CCCN3C(C)=O)ccc1OCc1cscn1. The normalized spacial score (nSPS) is 12.8. The minimum atomic E-state index is -0.247. The molecule has 8 heteroatoms. The quantitative estimate of drug-likeness (QED) is 0.623. The van der Waals surface area contributed by atoms with Crippen LogP contribution in [0.1, 0.15) is 35.0 Å². The van der Waals surface area contributed by atoms with Crippen LogP contribution in [0.4, 0.5) is 11.4 Å². The molecule has 7 nitrogen and oxygen atoms in total. The van der Waals surface area contributed by atoms with E-state index in [-0.39, 0.29) is 11.8 Å². The molecule has 160 valence electrons. The third kappa shape index (κ3) is 4.69. The summed E-state index contributed by atoms with van der Waals surface area (Å²) in [7, 11) is 1.54. The fraction of sp³-hybridized carbons (Fsp3) is 0.261. The van der Waals surface area contributed by atoms with E-state index in [1.807, 2.05) is 23.6 Å². The fourth-order valence-corrected chi connectivity index (χ4v) is 4.14. The number of ether oxygens (including phenoxy) is 2. The van der Waals surface area contributed by atoms with Gasteiger partial charge in [-0.3, -0.25) is 9.59 Å². The molecular formula is C23H23N3O4S. The van der Waals surface area contributed by atoms with Gasteiger partial charge in [-0.15, -0.1) is 11.3 Å². The van der Waals surface area contributed by atoms with Gasteiger partial charge in [0.1, 0.15) is 6.61 Å². The number of amides is 2. The van der Waals surface area contributed by atoms with Gasteiger partial charge in [0.05, 0.1) is 18.3 Å². The Morgan fingerprint density at radius 1 is 1.19 bits per heavy atom. The maximum Gasteiger partial charge on any atom is 0.255 e. The average molecular weight is 438 g/mol. The third-order valence-corrected chi connectivity index (χ3v) is 5.76. The van der Waals surface area contributed by atoms with Gasteiger partial charge in [0.25, 0.3) is 5.91 Å². The lowest BCUT2D eigenvalue weighted by atomic mass is 10.0. The molecule has 1 N–H and O–H groups in total. The van der Waals surface area contributed by atoms with Crippen molar-refractivity contribution in [1.29, 1.82) is 0 Å². The highest BCUT2D eigenvalue weighted by Gasteiger charge is 2.20. The summed E-state index contributed by atoms with van der Waals surface area (Å²) in [6, 6.07) is 10.7. The van der Waals surface area contributed by atoms with Gasteiger partial charge in [-0.25, -0.2) is 4.98 Å². The second kappa shape index (κ2) is 9.18. The smallest absolute Gasteiger partial charge is 0.255 e. The van der Waals surface area contributed by atoms with Crippen LogP contribution in [0.5, 0.6) is 11.5 Å². The minimum Gasteiger partial charge on any atom is -0.493 e. The number of hydrogen-bond acceptors (Lipinski definition) is 6. The maximum atomic E-state index is 12.8. The molecule has 0 bridgehead atoms. The second-order valence-electron chi connectivity index (χ2n) is 7.21. The molecule has 0 fully saturated rings. The van der Waals surface area contributed by atoms with E-state index in [1.54, 1.807) is 35.5 Å². The van der Waals surface area contributed by atoms with Gasteiger partial charge in [0, 0.05) is 35.8 Å². The Kier molecular flexibility index (Phi) is 6.18. The van der Waals surface area contributed by atoms with Crippen LogP contribution in [0.25, 0.3) is 0 Å². The van der Waals surface area contributed by atoms with Crippen molar-refractivity contribution in [3.63, 3.8) is 0 Å². The predicted octanol–water partition coefficient (Wildman–Crippen LogP) is 4.28. The predicted molar refractivity (Wildman–Crippen MR) is 120 cm³/mol. The Labute approximate surface area is 184 Å². The fourth-order valence-electron chi connectivity index (χ4n) is 3.59. The summed E-state index contributed by atoms with van der Waals surface area (Å²) in [5.74, 6) is 0.807. The largest absolute Gasteiger partial charge is 0.493 e. The Morgan fingerprint density at radius 2 is 2.06 bits per heavy atom. The summed E-state index contributed by atoms with van der Waals surface area (Å²) in [5.41, 5.74) is 5.71. The molecule has 1 aromatic heterocycles. The molecule has 3 aromatic rings. The van der Waals surface area contributed by atoms with Crippen molar-refractivity contribution in [1.82, 2.24) is 4.98 Å². The zero-order chi connectivity index (χ0) is 21.8. The summed E-state index contributed by atoms with van der Waals surface area (Å²) in [5, 5.41) is 4.85. The first kappa shape index (κ1) is 20.9. The van der Waals surface area contributed by atoms with E-state index in [4.69, 9.17) is 9.47 Å². The average Bonchev–Trinajstić information content (AvgIpc) is 3.30. The number of methoxy groups -OCH3 is 1. The van der Waals surface area contributed by atoms with Gasteiger partial charge in [0.2, 0.25) is 5.91 Å². The summed E-state index contributed by atoms with van der Waals surface area (Å²) in [6.07, 6.45) is 1.78. The van der Waals surface area contributed by atoms with Crippen LogP contribution < -0.4 is 19.7 Å². The molecule has 0 saturated carbocycles. The summed E-state index contributed by atoms with van der Waals surface area (Å²) >= 11 is 1.51. The van der Waals surface area contributed by atoms with Crippen LogP contribution in [0, 0.1) is 0 Å². The van der Waals surface area contributed by atoms with Crippen LogP contribution in [0.2, 0.25) is 0 Å². The molecule has 4 rings (SSSR count). The number of nitrogens with zero attached hydrogens (tertiary/aromatic N) is 2. The highest BCUT2D eigenvalue weighted by Crippen LogP contribution is 2.31. The molecule has 1 aliphatic heterocycles. The lowest BCUT2D eigenvalue weighted by molar-refractivity contribution is -0.116.